The highest BCUT2D eigenvalue weighted by molar-refractivity contribution is 8.00. The quantitative estimate of drug-likeness (QED) is 0.291. The Bertz CT molecular complexity index is 1140. The van der Waals surface area contributed by atoms with E-state index in [0.717, 1.165) is 0 Å². The molecule has 0 unspecified atom stereocenters. The third-order valence-electron chi connectivity index (χ3n) is 3.81. The van der Waals surface area contributed by atoms with Gasteiger partial charge in [-0.3, -0.25) is 0 Å². The third-order valence-corrected chi connectivity index (χ3v) is 5.20. The lowest BCUT2D eigenvalue weighted by Crippen LogP contribution is -2.39. The average molecular weight is 565 g/mol. The number of rotatable bonds is 5. The molecule has 190 valence electrons. The first-order valence-electron chi connectivity index (χ1n) is 9.15. The second-order valence-corrected chi connectivity index (χ2v) is 7.98. The van der Waals surface area contributed by atoms with Crippen molar-refractivity contribution in [2.75, 3.05) is 18.1 Å². The van der Waals surface area contributed by atoms with Gasteiger partial charge in [-0.2, -0.15) is 41.6 Å². The van der Waals surface area contributed by atoms with Gasteiger partial charge in [0.2, 0.25) is 0 Å². The SMILES string of the molecule is CCOC(=O)N(C(=O)OCC)c1c(SC(F)(F)F)c(C#N)nn1-c1c(Cl)cc(C(F)(F)F)cc1Cl. The smallest absolute Gasteiger partial charge is 0.446 e. The zero-order valence-corrected chi connectivity index (χ0v) is 19.8. The summed E-state index contributed by atoms with van der Waals surface area (Å²) >= 11 is 11.0. The van der Waals surface area contributed by atoms with E-state index in [0.29, 0.717) is 16.8 Å². The Labute approximate surface area is 207 Å². The van der Waals surface area contributed by atoms with E-state index in [1.54, 1.807) is 0 Å². The second-order valence-electron chi connectivity index (χ2n) is 6.09. The van der Waals surface area contributed by atoms with Gasteiger partial charge < -0.3 is 9.47 Å². The minimum absolute atomic E-state index is 0.000753. The van der Waals surface area contributed by atoms with Gasteiger partial charge in [-0.05, 0) is 37.7 Å². The lowest BCUT2D eigenvalue weighted by Gasteiger charge is -2.22. The molecule has 0 aliphatic carbocycles. The molecule has 0 radical (unpaired) electrons. The lowest BCUT2D eigenvalue weighted by molar-refractivity contribution is -0.137. The van der Waals surface area contributed by atoms with E-state index < -0.39 is 73.3 Å². The van der Waals surface area contributed by atoms with Crippen molar-refractivity contribution in [2.24, 2.45) is 0 Å². The molecule has 35 heavy (non-hydrogen) atoms. The second kappa shape index (κ2) is 10.8. The highest BCUT2D eigenvalue weighted by Crippen LogP contribution is 2.46. The summed E-state index contributed by atoms with van der Waals surface area (Å²) in [4.78, 5) is 24.1. The Morgan fingerprint density at radius 2 is 1.57 bits per heavy atom. The van der Waals surface area contributed by atoms with Gasteiger partial charge in [-0.25, -0.2) is 14.3 Å². The molecule has 0 N–H and O–H groups in total. The molecule has 0 aliphatic rings. The molecule has 0 aliphatic heterocycles. The summed E-state index contributed by atoms with van der Waals surface area (Å²) < 4.78 is 89.3. The number of benzene rings is 1. The number of hydrogen-bond acceptors (Lipinski definition) is 7. The Hall–Kier alpha value is -2.83. The molecule has 17 heteroatoms. The fourth-order valence-electron chi connectivity index (χ4n) is 2.58. The van der Waals surface area contributed by atoms with Gasteiger partial charge in [0, 0.05) is 0 Å². The molecule has 2 aromatic rings. The zero-order chi connectivity index (χ0) is 26.7. The van der Waals surface area contributed by atoms with Gasteiger partial charge in [-0.1, -0.05) is 23.2 Å². The number of hydrogen-bond donors (Lipinski definition) is 0. The van der Waals surface area contributed by atoms with Crippen LogP contribution < -0.4 is 4.90 Å². The zero-order valence-electron chi connectivity index (χ0n) is 17.4. The minimum atomic E-state index is -5.06. The molecule has 2 amide bonds. The molecule has 0 spiro atoms. The molecule has 1 heterocycles. The number of alkyl halides is 6. The molecule has 8 nitrogen and oxygen atoms in total. The van der Waals surface area contributed by atoms with Gasteiger partial charge >= 0.3 is 23.9 Å². The summed E-state index contributed by atoms with van der Waals surface area (Å²) in [6.45, 7) is 1.98. The molecule has 0 saturated carbocycles. The Morgan fingerprint density at radius 1 is 1.09 bits per heavy atom. The van der Waals surface area contributed by atoms with E-state index in [2.05, 4.69) is 5.10 Å². The average Bonchev–Trinajstić information content (AvgIpc) is 3.03. The van der Waals surface area contributed by atoms with Crippen molar-refractivity contribution < 1.29 is 45.4 Å². The maximum atomic E-state index is 13.3. The number of imide groups is 1. The topological polar surface area (TPSA) is 97.4 Å². The van der Waals surface area contributed by atoms with Crippen LogP contribution in [0.15, 0.2) is 17.0 Å². The number of nitriles is 1. The van der Waals surface area contributed by atoms with E-state index in [9.17, 15) is 41.2 Å². The van der Waals surface area contributed by atoms with Gasteiger partial charge in [0.1, 0.15) is 11.8 Å². The maximum Gasteiger partial charge on any atom is 0.446 e. The maximum absolute atomic E-state index is 13.3. The number of nitrogens with zero attached hydrogens (tertiary/aromatic N) is 4. The lowest BCUT2D eigenvalue weighted by atomic mass is 10.2. The summed E-state index contributed by atoms with van der Waals surface area (Å²) in [6, 6.07) is 2.17. The highest BCUT2D eigenvalue weighted by atomic mass is 35.5. The molecule has 0 atom stereocenters. The molecule has 0 bridgehead atoms. The van der Waals surface area contributed by atoms with Gasteiger partial charge in [-0.15, -0.1) is 0 Å². The Balaban J connectivity index is 2.99. The van der Waals surface area contributed by atoms with Crippen LogP contribution in [0, 0.1) is 11.3 Å². The summed E-state index contributed by atoms with van der Waals surface area (Å²) in [5.41, 5.74) is -7.96. The summed E-state index contributed by atoms with van der Waals surface area (Å²) in [7, 11) is 0. The number of carbonyl (C=O) groups is 2. The van der Waals surface area contributed by atoms with Gasteiger partial charge in [0.05, 0.1) is 33.7 Å². The van der Waals surface area contributed by atoms with Crippen LogP contribution in [-0.2, 0) is 15.7 Å². The number of aromatic nitrogens is 2. The van der Waals surface area contributed by atoms with Gasteiger partial charge in [0.25, 0.3) is 0 Å². The number of carbonyl (C=O) groups excluding carboxylic acids is 2. The standard InChI is InChI=1S/C18H12Cl2F6N4O4S/c1-3-33-15(31)29(16(32)34-4-2)14-13(35-18(24,25)26)11(7-27)28-30(14)12-9(19)5-8(6-10(12)20)17(21,22)23/h5-6H,3-4H2,1-2H3. The van der Waals surface area contributed by atoms with Crippen LogP contribution in [0.25, 0.3) is 5.69 Å². The number of anilines is 1. The monoisotopic (exact) mass is 564 g/mol. The first-order valence-corrected chi connectivity index (χ1v) is 10.7. The summed E-state index contributed by atoms with van der Waals surface area (Å²) in [6.07, 6.45) is -7.95. The molecular weight excluding hydrogens is 553 g/mol. The molecule has 0 saturated heterocycles. The van der Waals surface area contributed by atoms with Crippen LogP contribution in [0.2, 0.25) is 10.0 Å². The number of thioether (sulfide) groups is 1. The predicted octanol–water partition coefficient (Wildman–Crippen LogP) is 6.80. The normalized spacial score (nSPS) is 11.7. The van der Waals surface area contributed by atoms with Crippen LogP contribution in [-0.4, -0.2) is 40.7 Å². The van der Waals surface area contributed by atoms with Crippen LogP contribution in [0.4, 0.5) is 41.7 Å². The van der Waals surface area contributed by atoms with Crippen molar-refractivity contribution in [3.8, 4) is 11.8 Å². The van der Waals surface area contributed by atoms with E-state index in [4.69, 9.17) is 32.7 Å². The van der Waals surface area contributed by atoms with E-state index >= 15 is 0 Å². The van der Waals surface area contributed by atoms with Crippen molar-refractivity contribution in [1.29, 1.82) is 5.26 Å². The molecule has 0 fully saturated rings. The molecule has 2 rings (SSSR count). The summed E-state index contributed by atoms with van der Waals surface area (Å²) in [5.74, 6) is -1.04. The van der Waals surface area contributed by atoms with Crippen molar-refractivity contribution in [3.63, 3.8) is 0 Å². The summed E-state index contributed by atoms with van der Waals surface area (Å²) in [5, 5.41) is 11.5. The largest absolute Gasteiger partial charge is 0.449 e. The first-order chi connectivity index (χ1) is 16.2. The van der Waals surface area contributed by atoms with Gasteiger partial charge in [0.15, 0.2) is 11.5 Å². The van der Waals surface area contributed by atoms with Crippen LogP contribution >= 0.6 is 35.0 Å². The van der Waals surface area contributed by atoms with Crippen LogP contribution in [0.1, 0.15) is 25.1 Å². The molecule has 1 aromatic carbocycles. The number of amides is 2. The van der Waals surface area contributed by atoms with Crippen LogP contribution in [0.3, 0.4) is 0 Å². The van der Waals surface area contributed by atoms with E-state index in [-0.39, 0.29) is 18.1 Å². The van der Waals surface area contributed by atoms with Crippen molar-refractivity contribution in [2.45, 2.75) is 30.4 Å². The predicted molar refractivity (Wildman–Crippen MR) is 112 cm³/mol. The van der Waals surface area contributed by atoms with Crippen molar-refractivity contribution in [3.05, 3.63) is 33.4 Å². The fourth-order valence-corrected chi connectivity index (χ4v) is 3.92. The number of halogens is 8. The third kappa shape index (κ3) is 6.44. The Morgan fingerprint density at radius 3 is 1.94 bits per heavy atom. The molecule has 1 aromatic heterocycles. The van der Waals surface area contributed by atoms with Crippen molar-refractivity contribution in [1.82, 2.24) is 9.78 Å². The van der Waals surface area contributed by atoms with Crippen molar-refractivity contribution >= 4 is 53.0 Å². The fraction of sp³-hybridized carbons (Fsp3) is 0.333. The Kier molecular flexibility index (Phi) is 8.79. The van der Waals surface area contributed by atoms with E-state index in [1.165, 1.54) is 19.9 Å². The van der Waals surface area contributed by atoms with Crippen LogP contribution in [0.5, 0.6) is 0 Å². The number of ether oxygens (including phenoxy) is 2. The van der Waals surface area contributed by atoms with E-state index in [1.807, 2.05) is 0 Å². The first kappa shape index (κ1) is 28.4. The minimum Gasteiger partial charge on any atom is -0.449 e. The molecular formula is C18H12Cl2F6N4O4S. The highest BCUT2D eigenvalue weighted by Gasteiger charge is 2.41.